The Morgan fingerprint density at radius 3 is 2.72 bits per heavy atom. The maximum Gasteiger partial charge on any atom is 0.262 e. The van der Waals surface area contributed by atoms with Gasteiger partial charge in [0.05, 0.1) is 16.8 Å². The van der Waals surface area contributed by atoms with Gasteiger partial charge in [-0.15, -0.1) is 0 Å². The van der Waals surface area contributed by atoms with E-state index in [1.54, 1.807) is 0 Å². The number of halogens is 2. The zero-order chi connectivity index (χ0) is 13.2. The Labute approximate surface area is 108 Å². The van der Waals surface area contributed by atoms with E-state index in [4.69, 9.17) is 11.6 Å². The fourth-order valence-corrected chi connectivity index (χ4v) is 2.53. The minimum Gasteiger partial charge on any atom is -0.277 e. The number of hydrogen-bond acceptors (Lipinski definition) is 4. The Kier molecular flexibility index (Phi) is 3.44. The van der Waals surface area contributed by atoms with Gasteiger partial charge in [-0.2, -0.15) is 0 Å². The van der Waals surface area contributed by atoms with Crippen LogP contribution < -0.4 is 4.72 Å². The molecule has 0 radical (unpaired) electrons. The molecule has 0 unspecified atom stereocenters. The van der Waals surface area contributed by atoms with Crippen molar-refractivity contribution < 1.29 is 12.8 Å². The van der Waals surface area contributed by atoms with Gasteiger partial charge in [0.25, 0.3) is 10.0 Å². The second kappa shape index (κ2) is 4.87. The van der Waals surface area contributed by atoms with Gasteiger partial charge in [0.1, 0.15) is 5.15 Å². The number of anilines is 1. The van der Waals surface area contributed by atoms with E-state index in [1.165, 1.54) is 30.6 Å². The first-order chi connectivity index (χ1) is 8.49. The van der Waals surface area contributed by atoms with E-state index in [1.807, 2.05) is 0 Å². The lowest BCUT2D eigenvalue weighted by Gasteiger charge is -2.08. The van der Waals surface area contributed by atoms with Crippen LogP contribution in [-0.4, -0.2) is 18.4 Å². The van der Waals surface area contributed by atoms with Crippen LogP contribution in [0.2, 0.25) is 5.15 Å². The van der Waals surface area contributed by atoms with Gasteiger partial charge in [0.15, 0.2) is 5.82 Å². The fraction of sp³-hybridized carbons (Fsp3) is 0. The van der Waals surface area contributed by atoms with Gasteiger partial charge in [-0.3, -0.25) is 9.71 Å². The molecule has 0 spiro atoms. The van der Waals surface area contributed by atoms with Crippen molar-refractivity contribution in [3.8, 4) is 0 Å². The number of rotatable bonds is 3. The van der Waals surface area contributed by atoms with Crippen LogP contribution in [0, 0.1) is 5.82 Å². The fourth-order valence-electron chi connectivity index (χ4n) is 1.21. The molecule has 0 saturated heterocycles. The Balaban J connectivity index is 2.37. The van der Waals surface area contributed by atoms with Crippen molar-refractivity contribution in [1.82, 2.24) is 9.97 Å². The van der Waals surface area contributed by atoms with Gasteiger partial charge in [-0.05, 0) is 18.2 Å². The summed E-state index contributed by atoms with van der Waals surface area (Å²) in [6.07, 6.45) is 3.44. The van der Waals surface area contributed by atoms with Crippen LogP contribution in [0.3, 0.4) is 0 Å². The molecule has 5 nitrogen and oxygen atoms in total. The smallest absolute Gasteiger partial charge is 0.262 e. The summed E-state index contributed by atoms with van der Waals surface area (Å²) < 4.78 is 39.2. The first-order valence-electron chi connectivity index (χ1n) is 4.73. The molecule has 2 aromatic rings. The summed E-state index contributed by atoms with van der Waals surface area (Å²) in [5.74, 6) is -0.763. The average Bonchev–Trinajstić information content (AvgIpc) is 2.32. The molecule has 0 saturated carbocycles. The number of sulfonamides is 1. The van der Waals surface area contributed by atoms with Gasteiger partial charge in [0, 0.05) is 12.4 Å². The van der Waals surface area contributed by atoms with Crippen LogP contribution in [0.1, 0.15) is 0 Å². The molecule has 0 aliphatic carbocycles. The molecule has 2 aromatic heterocycles. The van der Waals surface area contributed by atoms with E-state index in [0.717, 1.165) is 6.20 Å². The highest BCUT2D eigenvalue weighted by Crippen LogP contribution is 2.19. The number of nitrogens with one attached hydrogen (secondary N) is 1. The minimum atomic E-state index is -3.90. The summed E-state index contributed by atoms with van der Waals surface area (Å²) in [5.41, 5.74) is -0.182. The van der Waals surface area contributed by atoms with Crippen LogP contribution in [0.25, 0.3) is 0 Å². The van der Waals surface area contributed by atoms with Crippen LogP contribution in [0.5, 0.6) is 0 Å². The van der Waals surface area contributed by atoms with E-state index in [9.17, 15) is 12.8 Å². The molecular weight excluding hydrogens is 281 g/mol. The zero-order valence-corrected chi connectivity index (χ0v) is 10.4. The second-order valence-electron chi connectivity index (χ2n) is 3.28. The van der Waals surface area contributed by atoms with Crippen molar-refractivity contribution >= 4 is 27.3 Å². The second-order valence-corrected chi connectivity index (χ2v) is 5.34. The van der Waals surface area contributed by atoms with E-state index >= 15 is 0 Å². The van der Waals surface area contributed by atoms with Gasteiger partial charge in [-0.25, -0.2) is 17.8 Å². The molecule has 1 N–H and O–H groups in total. The third-order valence-electron chi connectivity index (χ3n) is 2.03. The van der Waals surface area contributed by atoms with E-state index in [0.29, 0.717) is 0 Å². The predicted molar refractivity (Wildman–Crippen MR) is 64.3 cm³/mol. The molecule has 18 heavy (non-hydrogen) atoms. The molecule has 0 aliphatic rings. The molecule has 2 heterocycles. The Bertz CT molecular complexity index is 678. The first kappa shape index (κ1) is 12.7. The summed E-state index contributed by atoms with van der Waals surface area (Å²) >= 11 is 5.60. The Morgan fingerprint density at radius 1 is 1.28 bits per heavy atom. The normalized spacial score (nSPS) is 11.2. The third kappa shape index (κ3) is 2.74. The molecule has 8 heteroatoms. The molecule has 0 atom stereocenters. The summed E-state index contributed by atoms with van der Waals surface area (Å²) in [4.78, 5) is 7.09. The van der Waals surface area contributed by atoms with Crippen molar-refractivity contribution in [2.75, 3.05) is 4.72 Å². The molecule has 0 bridgehead atoms. The quantitative estimate of drug-likeness (QED) is 0.877. The van der Waals surface area contributed by atoms with Crippen LogP contribution in [0.15, 0.2) is 41.7 Å². The number of aromatic nitrogens is 2. The third-order valence-corrected chi connectivity index (χ3v) is 3.59. The number of pyridine rings is 2. The van der Waals surface area contributed by atoms with Crippen molar-refractivity contribution in [3.63, 3.8) is 0 Å². The van der Waals surface area contributed by atoms with Crippen molar-refractivity contribution in [3.05, 3.63) is 47.8 Å². The number of nitrogens with zero attached hydrogens (tertiary/aromatic N) is 2. The lowest BCUT2D eigenvalue weighted by Crippen LogP contribution is -2.14. The Hall–Kier alpha value is -1.73. The van der Waals surface area contributed by atoms with Crippen molar-refractivity contribution in [2.24, 2.45) is 0 Å². The highest BCUT2D eigenvalue weighted by atomic mass is 35.5. The van der Waals surface area contributed by atoms with E-state index < -0.39 is 15.8 Å². The van der Waals surface area contributed by atoms with Gasteiger partial charge in [0.2, 0.25) is 0 Å². The average molecular weight is 288 g/mol. The van der Waals surface area contributed by atoms with Crippen molar-refractivity contribution in [1.29, 1.82) is 0 Å². The Morgan fingerprint density at radius 2 is 2.06 bits per heavy atom. The standard InChI is InChI=1S/C10H7ClFN3O2S/c11-10-5-7(1-4-14-10)18(16,17)15-9-2-3-13-6-8(9)12/h1-6H,(H,13,15). The lowest BCUT2D eigenvalue weighted by atomic mass is 10.4. The summed E-state index contributed by atoms with van der Waals surface area (Å²) in [6.45, 7) is 0. The van der Waals surface area contributed by atoms with Gasteiger partial charge < -0.3 is 0 Å². The van der Waals surface area contributed by atoms with Crippen LogP contribution in [0.4, 0.5) is 10.1 Å². The first-order valence-corrected chi connectivity index (χ1v) is 6.59. The maximum absolute atomic E-state index is 13.3. The van der Waals surface area contributed by atoms with Crippen LogP contribution in [-0.2, 0) is 10.0 Å². The largest absolute Gasteiger partial charge is 0.277 e. The molecule has 94 valence electrons. The molecule has 0 aliphatic heterocycles. The molecule has 2 rings (SSSR count). The van der Waals surface area contributed by atoms with Gasteiger partial charge >= 0.3 is 0 Å². The van der Waals surface area contributed by atoms with E-state index in [-0.39, 0.29) is 15.7 Å². The predicted octanol–water partition coefficient (Wildman–Crippen LogP) is 2.07. The summed E-state index contributed by atoms with van der Waals surface area (Å²) in [5, 5.41) is 0.0353. The summed E-state index contributed by atoms with van der Waals surface area (Å²) in [6, 6.07) is 3.64. The van der Waals surface area contributed by atoms with Gasteiger partial charge in [-0.1, -0.05) is 11.6 Å². The van der Waals surface area contributed by atoms with Crippen LogP contribution >= 0.6 is 11.6 Å². The molecule has 0 aromatic carbocycles. The highest BCUT2D eigenvalue weighted by molar-refractivity contribution is 7.92. The zero-order valence-electron chi connectivity index (χ0n) is 8.84. The molecule has 0 amide bonds. The lowest BCUT2D eigenvalue weighted by molar-refractivity contribution is 0.598. The van der Waals surface area contributed by atoms with E-state index in [2.05, 4.69) is 14.7 Å². The summed E-state index contributed by atoms with van der Waals surface area (Å²) in [7, 11) is -3.90. The topological polar surface area (TPSA) is 72.0 Å². The SMILES string of the molecule is O=S(=O)(Nc1ccncc1F)c1ccnc(Cl)c1. The molecular formula is C10H7ClFN3O2S. The monoisotopic (exact) mass is 287 g/mol. The van der Waals surface area contributed by atoms with Crippen molar-refractivity contribution in [2.45, 2.75) is 4.90 Å². The molecule has 0 fully saturated rings. The maximum atomic E-state index is 13.3. The minimum absolute atomic E-state index is 0.0353. The number of hydrogen-bond donors (Lipinski definition) is 1. The highest BCUT2D eigenvalue weighted by Gasteiger charge is 2.16.